The lowest BCUT2D eigenvalue weighted by Gasteiger charge is -2.26. The zero-order valence-electron chi connectivity index (χ0n) is 18.4. The van der Waals surface area contributed by atoms with Gasteiger partial charge in [-0.2, -0.15) is 0 Å². The maximum Gasteiger partial charge on any atom is 0.250 e. The molecule has 31 heavy (non-hydrogen) atoms. The lowest BCUT2D eigenvalue weighted by atomic mass is 9.79. The fraction of sp³-hybridized carbons (Fsp3) is 0.360. The summed E-state index contributed by atoms with van der Waals surface area (Å²) in [4.78, 5) is 28.4. The summed E-state index contributed by atoms with van der Waals surface area (Å²) in [6.07, 6.45) is 3.44. The molecule has 2 amide bonds. The summed E-state index contributed by atoms with van der Waals surface area (Å²) in [6, 6.07) is 6.74. The fourth-order valence-electron chi connectivity index (χ4n) is 4.96. The monoisotopic (exact) mass is 421 g/mol. The quantitative estimate of drug-likeness (QED) is 0.584. The number of carbonyl (C=O) groups is 2. The second-order valence-electron chi connectivity index (χ2n) is 8.89. The van der Waals surface area contributed by atoms with E-state index in [0.29, 0.717) is 34.2 Å². The molecule has 6 heteroatoms. The van der Waals surface area contributed by atoms with E-state index in [4.69, 9.17) is 5.73 Å². The number of rotatable bonds is 5. The molecule has 1 aliphatic rings. The highest BCUT2D eigenvalue weighted by Gasteiger charge is 2.29. The van der Waals surface area contributed by atoms with Gasteiger partial charge in [-0.1, -0.05) is 26.0 Å². The van der Waals surface area contributed by atoms with E-state index in [1.165, 1.54) is 11.0 Å². The number of fused-ring (bicyclic) bond motifs is 3. The van der Waals surface area contributed by atoms with Crippen LogP contribution in [0.25, 0.3) is 22.0 Å². The molecule has 1 aromatic heterocycles. The third-order valence-corrected chi connectivity index (χ3v) is 6.77. The van der Waals surface area contributed by atoms with Crippen molar-refractivity contribution in [3.05, 3.63) is 52.5 Å². The third-order valence-electron chi connectivity index (χ3n) is 6.77. The van der Waals surface area contributed by atoms with Gasteiger partial charge in [-0.3, -0.25) is 9.59 Å². The van der Waals surface area contributed by atoms with Crippen molar-refractivity contribution in [3.63, 3.8) is 0 Å². The van der Waals surface area contributed by atoms with Crippen LogP contribution in [0.1, 0.15) is 47.4 Å². The Morgan fingerprint density at radius 3 is 2.74 bits per heavy atom. The number of aromatic amines is 1. The Morgan fingerprint density at radius 2 is 2.10 bits per heavy atom. The van der Waals surface area contributed by atoms with Crippen LogP contribution in [0.15, 0.2) is 24.3 Å². The van der Waals surface area contributed by atoms with E-state index in [2.05, 4.69) is 18.8 Å². The van der Waals surface area contributed by atoms with Gasteiger partial charge >= 0.3 is 0 Å². The van der Waals surface area contributed by atoms with Crippen molar-refractivity contribution in [3.8, 4) is 11.1 Å². The highest BCUT2D eigenvalue weighted by molar-refractivity contribution is 6.11. The van der Waals surface area contributed by atoms with E-state index >= 15 is 4.39 Å². The Morgan fingerprint density at radius 1 is 1.35 bits per heavy atom. The fourth-order valence-corrected chi connectivity index (χ4v) is 4.96. The summed E-state index contributed by atoms with van der Waals surface area (Å²) >= 11 is 0. The van der Waals surface area contributed by atoms with Gasteiger partial charge in [-0.15, -0.1) is 0 Å². The van der Waals surface area contributed by atoms with Crippen LogP contribution >= 0.6 is 0 Å². The predicted octanol–water partition coefficient (Wildman–Crippen LogP) is 4.73. The van der Waals surface area contributed by atoms with Crippen LogP contribution in [0, 0.1) is 24.6 Å². The van der Waals surface area contributed by atoms with Crippen molar-refractivity contribution in [1.82, 2.24) is 4.98 Å². The topological polar surface area (TPSA) is 79.2 Å². The summed E-state index contributed by atoms with van der Waals surface area (Å²) < 4.78 is 15.6. The molecule has 0 spiro atoms. The van der Waals surface area contributed by atoms with E-state index in [-0.39, 0.29) is 5.56 Å². The molecule has 0 bridgehead atoms. The zero-order valence-corrected chi connectivity index (χ0v) is 18.4. The van der Waals surface area contributed by atoms with E-state index in [0.717, 1.165) is 47.9 Å². The van der Waals surface area contributed by atoms with Crippen molar-refractivity contribution in [2.45, 2.75) is 40.0 Å². The molecule has 162 valence electrons. The van der Waals surface area contributed by atoms with E-state index in [9.17, 15) is 9.59 Å². The molecule has 3 aromatic rings. The number of primary amides is 1. The second kappa shape index (κ2) is 7.84. The first-order chi connectivity index (χ1) is 14.7. The Kier molecular flexibility index (Phi) is 5.33. The summed E-state index contributed by atoms with van der Waals surface area (Å²) in [6.45, 7) is 6.32. The maximum atomic E-state index is 15.6. The smallest absolute Gasteiger partial charge is 0.250 e. The molecule has 1 heterocycles. The minimum absolute atomic E-state index is 0.172. The lowest BCUT2D eigenvalue weighted by Crippen LogP contribution is -2.18. The molecule has 0 radical (unpaired) electrons. The van der Waals surface area contributed by atoms with Crippen LogP contribution in [-0.2, 0) is 17.6 Å². The Balaban J connectivity index is 2.04. The van der Waals surface area contributed by atoms with Gasteiger partial charge in [0, 0.05) is 29.4 Å². The number of H-pyrrole nitrogens is 1. The number of hydrogen-bond donors (Lipinski definition) is 2. The Hall–Kier alpha value is -3.15. The van der Waals surface area contributed by atoms with Gasteiger partial charge in [0.1, 0.15) is 5.82 Å². The number of nitrogens with one attached hydrogen (secondary N) is 1. The second-order valence-corrected chi connectivity index (χ2v) is 8.89. The van der Waals surface area contributed by atoms with Gasteiger partial charge in [0.25, 0.3) is 5.91 Å². The molecular weight excluding hydrogens is 393 g/mol. The number of benzene rings is 2. The molecule has 1 unspecified atom stereocenters. The molecule has 0 fully saturated rings. The molecule has 5 nitrogen and oxygen atoms in total. The Labute approximate surface area is 181 Å². The lowest BCUT2D eigenvalue weighted by molar-refractivity contribution is -0.107. The van der Waals surface area contributed by atoms with Crippen LogP contribution in [0.4, 0.5) is 10.1 Å². The van der Waals surface area contributed by atoms with Gasteiger partial charge in [-0.25, -0.2) is 4.39 Å². The standard InChI is InChI=1S/C25H28FN3O2/c1-13(2)15-8-9-17-20(10-15)28-24-18(25(27)31)11-19(26)22(23(17)24)16-6-5-7-21(14(16)3)29(4)12-30/h5-7,11-13,15,28H,8-10H2,1-4H3,(H2,27,31). The summed E-state index contributed by atoms with van der Waals surface area (Å²) in [5.41, 5.74) is 11.2. The number of carbonyl (C=O) groups excluding carboxylic acids is 2. The van der Waals surface area contributed by atoms with Gasteiger partial charge in [0.2, 0.25) is 6.41 Å². The number of hydrogen-bond acceptors (Lipinski definition) is 2. The van der Waals surface area contributed by atoms with Crippen LogP contribution in [0.3, 0.4) is 0 Å². The molecule has 1 aliphatic carbocycles. The molecule has 1 atom stereocenters. The largest absolute Gasteiger partial charge is 0.366 e. The SMILES string of the molecule is Cc1c(-c2c(F)cc(C(N)=O)c3[nH]c4c(c23)CCC(C(C)C)C4)cccc1N(C)C=O. The zero-order chi connectivity index (χ0) is 22.4. The number of amides is 2. The van der Waals surface area contributed by atoms with Crippen molar-refractivity contribution >= 4 is 28.9 Å². The molecule has 0 saturated heterocycles. The minimum atomic E-state index is -0.652. The molecule has 0 saturated carbocycles. The van der Waals surface area contributed by atoms with Gasteiger partial charge in [0.05, 0.1) is 11.1 Å². The van der Waals surface area contributed by atoms with Crippen LogP contribution in [0.2, 0.25) is 0 Å². The van der Waals surface area contributed by atoms with Gasteiger partial charge in [-0.05, 0) is 66.8 Å². The van der Waals surface area contributed by atoms with Crippen molar-refractivity contribution < 1.29 is 14.0 Å². The van der Waals surface area contributed by atoms with Crippen LogP contribution < -0.4 is 10.6 Å². The first-order valence-corrected chi connectivity index (χ1v) is 10.7. The predicted molar refractivity (Wildman–Crippen MR) is 122 cm³/mol. The molecule has 2 aromatic carbocycles. The first kappa shape index (κ1) is 21.1. The molecule has 0 aliphatic heterocycles. The number of halogens is 1. The number of nitrogens with zero attached hydrogens (tertiary/aromatic N) is 1. The maximum absolute atomic E-state index is 15.6. The third kappa shape index (κ3) is 3.40. The van der Waals surface area contributed by atoms with Crippen LogP contribution in [-0.4, -0.2) is 24.3 Å². The molecule has 4 rings (SSSR count). The van der Waals surface area contributed by atoms with E-state index in [1.807, 2.05) is 25.1 Å². The van der Waals surface area contributed by atoms with Crippen LogP contribution in [0.5, 0.6) is 0 Å². The summed E-state index contributed by atoms with van der Waals surface area (Å²) in [7, 11) is 1.67. The van der Waals surface area contributed by atoms with Gasteiger partial charge in [0.15, 0.2) is 0 Å². The average Bonchev–Trinajstić information content (AvgIpc) is 3.11. The number of aryl methyl sites for hydroxylation is 1. The number of anilines is 1. The average molecular weight is 422 g/mol. The highest BCUT2D eigenvalue weighted by Crippen LogP contribution is 2.43. The van der Waals surface area contributed by atoms with Crippen molar-refractivity contribution in [2.75, 3.05) is 11.9 Å². The highest BCUT2D eigenvalue weighted by atomic mass is 19.1. The Bertz CT molecular complexity index is 1200. The molecular formula is C25H28FN3O2. The van der Waals surface area contributed by atoms with Crippen molar-refractivity contribution in [2.24, 2.45) is 17.6 Å². The normalized spacial score (nSPS) is 15.9. The summed E-state index contributed by atoms with van der Waals surface area (Å²) in [5.74, 6) is -0.0508. The first-order valence-electron chi connectivity index (χ1n) is 10.7. The summed E-state index contributed by atoms with van der Waals surface area (Å²) in [5, 5.41) is 0.736. The number of aromatic nitrogens is 1. The van der Waals surface area contributed by atoms with Crippen molar-refractivity contribution in [1.29, 1.82) is 0 Å². The van der Waals surface area contributed by atoms with E-state index < -0.39 is 11.7 Å². The van der Waals surface area contributed by atoms with Gasteiger partial charge < -0.3 is 15.6 Å². The van der Waals surface area contributed by atoms with E-state index in [1.54, 1.807) is 7.05 Å². The number of nitrogens with two attached hydrogens (primary N) is 1. The molecule has 3 N–H and O–H groups in total. The minimum Gasteiger partial charge on any atom is -0.366 e.